The van der Waals surface area contributed by atoms with E-state index in [4.69, 9.17) is 0 Å². The van der Waals surface area contributed by atoms with Gasteiger partial charge in [0.05, 0.1) is 0 Å². The van der Waals surface area contributed by atoms with E-state index in [9.17, 15) is 0 Å². The van der Waals surface area contributed by atoms with Gasteiger partial charge in [0.25, 0.3) is 0 Å². The first-order chi connectivity index (χ1) is 18.4. The number of rotatable bonds is 21. The Morgan fingerprint density at radius 2 is 0.725 bits per heavy atom. The standard InChI is InChI=1S/C34H49N3.3ClH/c1-4-16-32(17-5-1)22-10-13-25-35-27-30-37(29-15-12-24-34-20-8-3-9-21-34)31-28-36-26-14-11-23-33-18-6-2-7-19-33;;;/h1-9,16-21,35-36H,10-15,22-31H2;3*1H. The SMILES string of the molecule is Cl.Cl.Cl.c1ccc(CCCCNCCN(CCCCc2ccccc2)CCNCCCCc2ccccc2)cc1. The van der Waals surface area contributed by atoms with Gasteiger partial charge in [0.15, 0.2) is 0 Å². The van der Waals surface area contributed by atoms with Gasteiger partial charge in [-0.2, -0.15) is 0 Å². The van der Waals surface area contributed by atoms with Crippen molar-refractivity contribution in [3.05, 3.63) is 108 Å². The van der Waals surface area contributed by atoms with Crippen LogP contribution >= 0.6 is 37.2 Å². The van der Waals surface area contributed by atoms with Crippen molar-refractivity contribution in [2.24, 2.45) is 0 Å². The number of aryl methyl sites for hydroxylation is 3. The minimum absolute atomic E-state index is 0. The van der Waals surface area contributed by atoms with Crippen molar-refractivity contribution in [3.63, 3.8) is 0 Å². The summed E-state index contributed by atoms with van der Waals surface area (Å²) in [4.78, 5) is 2.65. The summed E-state index contributed by atoms with van der Waals surface area (Å²) in [7, 11) is 0. The predicted octanol–water partition coefficient (Wildman–Crippen LogP) is 7.80. The summed E-state index contributed by atoms with van der Waals surface area (Å²) in [6.07, 6.45) is 11.1. The summed E-state index contributed by atoms with van der Waals surface area (Å²) in [6, 6.07) is 32.6. The molecule has 3 aromatic rings. The monoisotopic (exact) mass is 607 g/mol. The van der Waals surface area contributed by atoms with E-state index in [-0.39, 0.29) is 37.2 Å². The van der Waals surface area contributed by atoms with Crippen LogP contribution < -0.4 is 10.6 Å². The molecule has 0 radical (unpaired) electrons. The third-order valence-electron chi connectivity index (χ3n) is 7.07. The second-order valence-corrected chi connectivity index (χ2v) is 10.2. The van der Waals surface area contributed by atoms with E-state index in [1.165, 1.54) is 81.0 Å². The molecule has 3 nitrogen and oxygen atoms in total. The van der Waals surface area contributed by atoms with Crippen LogP contribution in [0.25, 0.3) is 0 Å². The number of nitrogens with one attached hydrogen (secondary N) is 2. The minimum atomic E-state index is 0. The van der Waals surface area contributed by atoms with Crippen molar-refractivity contribution in [2.45, 2.75) is 57.8 Å². The molecule has 0 spiro atoms. The van der Waals surface area contributed by atoms with Gasteiger partial charge in [-0.15, -0.1) is 37.2 Å². The Labute approximate surface area is 263 Å². The van der Waals surface area contributed by atoms with Crippen molar-refractivity contribution >= 4 is 37.2 Å². The van der Waals surface area contributed by atoms with E-state index in [1.54, 1.807) is 0 Å². The zero-order valence-electron chi connectivity index (χ0n) is 24.1. The Kier molecular flexibility index (Phi) is 25.3. The van der Waals surface area contributed by atoms with E-state index >= 15 is 0 Å². The van der Waals surface area contributed by atoms with Crippen LogP contribution in [0, 0.1) is 0 Å². The third kappa shape index (κ3) is 18.7. The number of hydrogen-bond donors (Lipinski definition) is 2. The van der Waals surface area contributed by atoms with Crippen LogP contribution in [0.3, 0.4) is 0 Å². The van der Waals surface area contributed by atoms with E-state index in [2.05, 4.69) is 107 Å². The molecule has 0 saturated heterocycles. The molecule has 3 rings (SSSR count). The molecule has 0 aromatic heterocycles. The molecule has 3 aromatic carbocycles. The largest absolute Gasteiger partial charge is 0.315 e. The first kappa shape index (κ1) is 38.4. The molecule has 0 saturated carbocycles. The zero-order valence-corrected chi connectivity index (χ0v) is 26.6. The number of hydrogen-bond acceptors (Lipinski definition) is 3. The van der Waals surface area contributed by atoms with Crippen molar-refractivity contribution in [1.82, 2.24) is 15.5 Å². The Morgan fingerprint density at radius 1 is 0.375 bits per heavy atom. The van der Waals surface area contributed by atoms with Crippen molar-refractivity contribution in [3.8, 4) is 0 Å². The second kappa shape index (κ2) is 26.3. The average Bonchev–Trinajstić information content (AvgIpc) is 2.95. The van der Waals surface area contributed by atoms with E-state index in [0.29, 0.717) is 0 Å². The average molecular weight is 609 g/mol. The molecule has 0 atom stereocenters. The highest BCUT2D eigenvalue weighted by atomic mass is 35.5. The minimum Gasteiger partial charge on any atom is -0.315 e. The molecule has 0 aliphatic heterocycles. The lowest BCUT2D eigenvalue weighted by Gasteiger charge is -2.23. The Balaban J connectivity index is 0.00000507. The summed E-state index contributed by atoms with van der Waals surface area (Å²) >= 11 is 0. The smallest absolute Gasteiger partial charge is 0.0107 e. The lowest BCUT2D eigenvalue weighted by Crippen LogP contribution is -2.38. The molecular weight excluding hydrogens is 557 g/mol. The molecule has 6 heteroatoms. The maximum atomic E-state index is 3.69. The maximum absolute atomic E-state index is 3.69. The molecular formula is C34H52Cl3N3. The van der Waals surface area contributed by atoms with Crippen LogP contribution in [-0.2, 0) is 19.3 Å². The van der Waals surface area contributed by atoms with Crippen LogP contribution in [-0.4, -0.2) is 50.7 Å². The maximum Gasteiger partial charge on any atom is 0.0107 e. The fraction of sp³-hybridized carbons (Fsp3) is 0.471. The molecule has 0 amide bonds. The summed E-state index contributed by atoms with van der Waals surface area (Å²) in [5, 5.41) is 7.38. The number of nitrogens with zero attached hydrogens (tertiary/aromatic N) is 1. The first-order valence-electron chi connectivity index (χ1n) is 14.7. The normalized spacial score (nSPS) is 10.4. The van der Waals surface area contributed by atoms with Gasteiger partial charge >= 0.3 is 0 Å². The quantitative estimate of drug-likeness (QED) is 0.121. The van der Waals surface area contributed by atoms with E-state index in [1.807, 2.05) is 0 Å². The summed E-state index contributed by atoms with van der Waals surface area (Å²) in [6.45, 7) is 7.88. The molecule has 224 valence electrons. The van der Waals surface area contributed by atoms with Crippen molar-refractivity contribution < 1.29 is 0 Å². The Morgan fingerprint density at radius 3 is 1.10 bits per heavy atom. The van der Waals surface area contributed by atoms with Gasteiger partial charge in [0.2, 0.25) is 0 Å². The van der Waals surface area contributed by atoms with Gasteiger partial charge in [-0.1, -0.05) is 91.0 Å². The van der Waals surface area contributed by atoms with Gasteiger partial charge in [-0.25, -0.2) is 0 Å². The molecule has 0 aliphatic rings. The lowest BCUT2D eigenvalue weighted by molar-refractivity contribution is 0.267. The van der Waals surface area contributed by atoms with Gasteiger partial charge in [0, 0.05) is 26.2 Å². The number of halogens is 3. The van der Waals surface area contributed by atoms with E-state index < -0.39 is 0 Å². The molecule has 2 N–H and O–H groups in total. The summed E-state index contributed by atoms with van der Waals surface area (Å²) < 4.78 is 0. The van der Waals surface area contributed by atoms with Gasteiger partial charge in [-0.3, -0.25) is 0 Å². The van der Waals surface area contributed by atoms with Gasteiger partial charge in [-0.05, 0) is 94.1 Å². The van der Waals surface area contributed by atoms with Crippen LogP contribution in [0.15, 0.2) is 91.0 Å². The Bertz CT molecular complexity index is 860. The van der Waals surface area contributed by atoms with Crippen molar-refractivity contribution in [1.29, 1.82) is 0 Å². The van der Waals surface area contributed by atoms with Crippen LogP contribution in [0.5, 0.6) is 0 Å². The fourth-order valence-electron chi connectivity index (χ4n) is 4.82. The first-order valence-corrected chi connectivity index (χ1v) is 14.7. The molecule has 0 unspecified atom stereocenters. The summed E-state index contributed by atoms with van der Waals surface area (Å²) in [5.41, 5.74) is 4.37. The number of unbranched alkanes of at least 4 members (excludes halogenated alkanes) is 3. The Hall–Kier alpha value is -1.59. The second-order valence-electron chi connectivity index (χ2n) is 10.2. The predicted molar refractivity (Wildman–Crippen MR) is 182 cm³/mol. The van der Waals surface area contributed by atoms with Crippen LogP contribution in [0.2, 0.25) is 0 Å². The van der Waals surface area contributed by atoms with Crippen LogP contribution in [0.4, 0.5) is 0 Å². The van der Waals surface area contributed by atoms with Crippen molar-refractivity contribution in [2.75, 3.05) is 45.8 Å². The molecule has 40 heavy (non-hydrogen) atoms. The van der Waals surface area contributed by atoms with Gasteiger partial charge in [0.1, 0.15) is 0 Å². The lowest BCUT2D eigenvalue weighted by atomic mass is 10.1. The third-order valence-corrected chi connectivity index (χ3v) is 7.07. The molecule has 0 bridgehead atoms. The topological polar surface area (TPSA) is 27.3 Å². The molecule has 0 fully saturated rings. The fourth-order valence-corrected chi connectivity index (χ4v) is 4.82. The number of benzene rings is 3. The highest BCUT2D eigenvalue weighted by molar-refractivity contribution is 5.86. The highest BCUT2D eigenvalue weighted by Crippen LogP contribution is 2.07. The van der Waals surface area contributed by atoms with Crippen LogP contribution in [0.1, 0.15) is 55.2 Å². The highest BCUT2D eigenvalue weighted by Gasteiger charge is 2.05. The molecule has 0 aliphatic carbocycles. The van der Waals surface area contributed by atoms with Gasteiger partial charge < -0.3 is 15.5 Å². The molecule has 0 heterocycles. The van der Waals surface area contributed by atoms with E-state index in [0.717, 1.165) is 39.3 Å². The summed E-state index contributed by atoms with van der Waals surface area (Å²) in [5.74, 6) is 0. The zero-order chi connectivity index (χ0) is 25.6.